The number of hydrogen-bond acceptors (Lipinski definition) is 4. The Morgan fingerprint density at radius 2 is 1.87 bits per heavy atom. The summed E-state index contributed by atoms with van der Waals surface area (Å²) in [4.78, 5) is 15.4. The second-order valence-corrected chi connectivity index (χ2v) is 8.78. The van der Waals surface area contributed by atoms with Crippen LogP contribution in [-0.2, 0) is 11.2 Å². The highest BCUT2D eigenvalue weighted by Crippen LogP contribution is 2.34. The lowest BCUT2D eigenvalue weighted by molar-refractivity contribution is -0.118. The number of carbonyl (C=O) groups is 1. The molecule has 1 saturated heterocycles. The van der Waals surface area contributed by atoms with E-state index in [-0.39, 0.29) is 12.5 Å². The number of anilines is 1. The molecule has 1 aliphatic rings. The molecule has 1 heterocycles. The maximum Gasteiger partial charge on any atom is 0.262 e. The molecule has 30 heavy (non-hydrogen) atoms. The van der Waals surface area contributed by atoms with E-state index in [0.29, 0.717) is 11.5 Å². The molecule has 0 saturated carbocycles. The summed E-state index contributed by atoms with van der Waals surface area (Å²) in [5.74, 6) is 0.918. The molecule has 1 fully saturated rings. The van der Waals surface area contributed by atoms with Crippen LogP contribution in [0.3, 0.4) is 0 Å². The Labute approximate surface area is 197 Å². The average Bonchev–Trinajstić information content (AvgIpc) is 2.78. The molecule has 5 nitrogen and oxygen atoms in total. The lowest BCUT2D eigenvalue weighted by atomic mass is 10.1. The van der Waals surface area contributed by atoms with Gasteiger partial charge in [0.25, 0.3) is 5.91 Å². The van der Waals surface area contributed by atoms with Gasteiger partial charge in [-0.25, -0.2) is 0 Å². The van der Waals surface area contributed by atoms with Gasteiger partial charge >= 0.3 is 0 Å². The molecule has 0 spiro atoms. The van der Waals surface area contributed by atoms with E-state index >= 15 is 0 Å². The van der Waals surface area contributed by atoms with Crippen molar-refractivity contribution in [2.75, 3.05) is 32.1 Å². The Morgan fingerprint density at radius 1 is 1.17 bits per heavy atom. The number of thiocarbonyl (C=S) groups is 1. The molecule has 1 aliphatic heterocycles. The molecule has 0 bridgehead atoms. The van der Waals surface area contributed by atoms with Crippen molar-refractivity contribution in [2.24, 2.45) is 0 Å². The van der Waals surface area contributed by atoms with E-state index in [1.165, 1.54) is 24.8 Å². The molecule has 1 amide bonds. The molecule has 0 aliphatic carbocycles. The van der Waals surface area contributed by atoms with Crippen molar-refractivity contribution >= 4 is 51.4 Å². The first-order chi connectivity index (χ1) is 14.5. The maximum atomic E-state index is 12.3. The van der Waals surface area contributed by atoms with Crippen LogP contribution in [0.5, 0.6) is 11.5 Å². The van der Waals surface area contributed by atoms with E-state index < -0.39 is 0 Å². The summed E-state index contributed by atoms with van der Waals surface area (Å²) in [6.07, 6.45) is 4.57. The Balaban J connectivity index is 1.66. The molecule has 0 atom stereocenters. The molecule has 7 heteroatoms. The van der Waals surface area contributed by atoms with Gasteiger partial charge in [0.05, 0.1) is 10.7 Å². The van der Waals surface area contributed by atoms with Crippen molar-refractivity contribution in [3.63, 3.8) is 0 Å². The van der Waals surface area contributed by atoms with Crippen molar-refractivity contribution in [3.05, 3.63) is 51.1 Å². The van der Waals surface area contributed by atoms with Gasteiger partial charge in [-0.2, -0.15) is 0 Å². The Bertz CT molecular complexity index is 896. The van der Waals surface area contributed by atoms with Gasteiger partial charge in [-0.05, 0) is 78.1 Å². The summed E-state index contributed by atoms with van der Waals surface area (Å²) in [5, 5.41) is 2.86. The van der Waals surface area contributed by atoms with Crippen LogP contribution in [0.1, 0.15) is 37.3 Å². The smallest absolute Gasteiger partial charge is 0.262 e. The fraction of sp³-hybridized carbons (Fsp3) is 0.391. The number of hydrogen-bond donors (Lipinski definition) is 1. The minimum absolute atomic E-state index is 0.0994. The predicted octanol–water partition coefficient (Wildman–Crippen LogP) is 5.04. The first-order valence-corrected chi connectivity index (χ1v) is 11.7. The van der Waals surface area contributed by atoms with Gasteiger partial charge in [-0.15, -0.1) is 0 Å². The summed E-state index contributed by atoms with van der Waals surface area (Å²) in [6.45, 7) is 3.99. The highest BCUT2D eigenvalue weighted by molar-refractivity contribution is 14.1. The highest BCUT2D eigenvalue weighted by Gasteiger charge is 2.19. The Kier molecular flexibility index (Phi) is 8.32. The zero-order valence-corrected chi connectivity index (χ0v) is 20.3. The van der Waals surface area contributed by atoms with E-state index in [2.05, 4.69) is 39.7 Å². The van der Waals surface area contributed by atoms with E-state index in [4.69, 9.17) is 21.7 Å². The first kappa shape index (κ1) is 22.8. The van der Waals surface area contributed by atoms with Crippen LogP contribution in [0.15, 0.2) is 36.4 Å². The Morgan fingerprint density at radius 3 is 2.50 bits per heavy atom. The second kappa shape index (κ2) is 10.9. The minimum Gasteiger partial charge on any atom is -0.493 e. The van der Waals surface area contributed by atoms with Gasteiger partial charge in [0, 0.05) is 24.3 Å². The van der Waals surface area contributed by atoms with Gasteiger partial charge in [-0.1, -0.05) is 31.3 Å². The molecular formula is C23H27IN2O3S. The van der Waals surface area contributed by atoms with Gasteiger partial charge in [0.2, 0.25) is 0 Å². The van der Waals surface area contributed by atoms with Crippen LogP contribution in [0.4, 0.5) is 5.69 Å². The minimum atomic E-state index is -0.218. The largest absolute Gasteiger partial charge is 0.493 e. The molecule has 3 rings (SSSR count). The fourth-order valence-corrected chi connectivity index (χ4v) is 4.48. The maximum absolute atomic E-state index is 12.3. The van der Waals surface area contributed by atoms with Crippen LogP contribution in [0, 0.1) is 3.57 Å². The summed E-state index contributed by atoms with van der Waals surface area (Å²) in [7, 11) is 1.60. The topological polar surface area (TPSA) is 50.8 Å². The lowest BCUT2D eigenvalue weighted by Crippen LogP contribution is -2.35. The van der Waals surface area contributed by atoms with Crippen LogP contribution in [0.2, 0.25) is 0 Å². The number of ether oxygens (including phenoxy) is 2. The molecule has 1 N–H and O–H groups in total. The lowest BCUT2D eigenvalue weighted by Gasteiger charge is -2.29. The molecule has 160 valence electrons. The number of nitrogens with one attached hydrogen (secondary N) is 1. The number of rotatable bonds is 7. The summed E-state index contributed by atoms with van der Waals surface area (Å²) in [6, 6.07) is 11.7. The van der Waals surface area contributed by atoms with Crippen LogP contribution >= 0.6 is 34.8 Å². The van der Waals surface area contributed by atoms with Crippen LogP contribution < -0.4 is 14.8 Å². The van der Waals surface area contributed by atoms with Crippen molar-refractivity contribution < 1.29 is 14.3 Å². The summed E-state index contributed by atoms with van der Waals surface area (Å²) >= 11 is 7.91. The van der Waals surface area contributed by atoms with Crippen molar-refractivity contribution in [1.29, 1.82) is 0 Å². The highest BCUT2D eigenvalue weighted by atomic mass is 127. The van der Waals surface area contributed by atoms with E-state index in [1.54, 1.807) is 7.11 Å². The number of likely N-dealkylation sites (tertiary alicyclic amines) is 1. The van der Waals surface area contributed by atoms with Crippen molar-refractivity contribution in [2.45, 2.75) is 32.6 Å². The van der Waals surface area contributed by atoms with Gasteiger partial charge in [0.15, 0.2) is 18.1 Å². The Hall–Kier alpha value is -1.87. The van der Waals surface area contributed by atoms with Crippen LogP contribution in [0.25, 0.3) is 0 Å². The number of aryl methyl sites for hydroxylation is 1. The predicted molar refractivity (Wildman–Crippen MR) is 133 cm³/mol. The number of carbonyl (C=O) groups excluding carboxylic acids is 1. The van der Waals surface area contributed by atoms with Crippen molar-refractivity contribution in [3.8, 4) is 11.5 Å². The third-order valence-electron chi connectivity index (χ3n) is 5.11. The number of halogens is 1. The number of amides is 1. The SMILES string of the molecule is CCc1ccc(NC(=O)COc2c(I)cc(C(=S)N3CCCCC3)cc2OC)cc1. The van der Waals surface area contributed by atoms with E-state index in [9.17, 15) is 4.79 Å². The first-order valence-electron chi connectivity index (χ1n) is 10.2. The third-order valence-corrected chi connectivity index (χ3v) is 6.41. The molecule has 0 aromatic heterocycles. The standard InChI is InChI=1S/C23H27IN2O3S/c1-3-16-7-9-18(10-8-16)25-21(27)15-29-22-19(24)13-17(14-20(22)28-2)23(30)26-11-5-4-6-12-26/h7-10,13-14H,3-6,11-12,15H2,1-2H3,(H,25,27). The zero-order chi connectivity index (χ0) is 21.5. The fourth-order valence-electron chi connectivity index (χ4n) is 3.42. The second-order valence-electron chi connectivity index (χ2n) is 7.23. The summed E-state index contributed by atoms with van der Waals surface area (Å²) < 4.78 is 12.2. The zero-order valence-electron chi connectivity index (χ0n) is 17.4. The molecule has 2 aromatic rings. The molecule has 2 aromatic carbocycles. The van der Waals surface area contributed by atoms with Gasteiger partial charge < -0.3 is 19.7 Å². The average molecular weight is 538 g/mol. The van der Waals surface area contributed by atoms with Crippen molar-refractivity contribution in [1.82, 2.24) is 4.90 Å². The quantitative estimate of drug-likeness (QED) is 0.396. The molecule has 0 radical (unpaired) electrons. The summed E-state index contributed by atoms with van der Waals surface area (Å²) in [5.41, 5.74) is 2.93. The van der Waals surface area contributed by atoms with E-state index in [1.807, 2.05) is 36.4 Å². The number of methoxy groups -OCH3 is 1. The van der Waals surface area contributed by atoms with Crippen LogP contribution in [-0.4, -0.2) is 42.6 Å². The monoisotopic (exact) mass is 538 g/mol. The normalized spacial score (nSPS) is 13.6. The van der Waals surface area contributed by atoms with Gasteiger partial charge in [-0.3, -0.25) is 4.79 Å². The number of nitrogens with zero attached hydrogens (tertiary/aromatic N) is 1. The van der Waals surface area contributed by atoms with Gasteiger partial charge in [0.1, 0.15) is 4.99 Å². The molecular weight excluding hydrogens is 511 g/mol. The van der Waals surface area contributed by atoms with E-state index in [0.717, 1.165) is 39.3 Å². The number of piperidine rings is 1. The number of benzene rings is 2. The third kappa shape index (κ3) is 5.85. The molecule has 0 unspecified atom stereocenters.